The first-order valence-corrected chi connectivity index (χ1v) is 5.36. The topological polar surface area (TPSA) is 150 Å². The number of hydrogen-bond donors (Lipinski definition) is 5. The molecule has 18 heavy (non-hydrogen) atoms. The molecule has 8 heteroatoms. The first-order chi connectivity index (χ1) is 8.29. The second-order valence-corrected chi connectivity index (χ2v) is 4.06. The number of carboxylic acid groups (broad SMARTS) is 1. The van der Waals surface area contributed by atoms with Crippen LogP contribution in [0.1, 0.15) is 13.3 Å². The predicted molar refractivity (Wildman–Crippen MR) is 60.5 cm³/mol. The van der Waals surface area contributed by atoms with Gasteiger partial charge in [-0.25, -0.2) is 4.79 Å². The quantitative estimate of drug-likeness (QED) is 0.302. The third-order valence-electron chi connectivity index (χ3n) is 2.38. The van der Waals surface area contributed by atoms with Crippen LogP contribution in [0.3, 0.4) is 0 Å². The Bertz CT molecular complexity index is 309. The van der Waals surface area contributed by atoms with E-state index in [4.69, 9.17) is 15.9 Å². The van der Waals surface area contributed by atoms with Crippen LogP contribution in [0.4, 0.5) is 0 Å². The number of carbonyl (C=O) groups is 3. The molecule has 0 spiro atoms. The average Bonchev–Trinajstić information content (AvgIpc) is 2.33. The van der Waals surface area contributed by atoms with Gasteiger partial charge in [-0.15, -0.1) is 0 Å². The lowest BCUT2D eigenvalue weighted by atomic mass is 9.99. The molecule has 0 aromatic carbocycles. The number of aliphatic hydroxyl groups excluding tert-OH is 2. The van der Waals surface area contributed by atoms with E-state index in [1.165, 1.54) is 6.92 Å². The van der Waals surface area contributed by atoms with Crippen molar-refractivity contribution >= 4 is 18.2 Å². The van der Waals surface area contributed by atoms with Crippen LogP contribution >= 0.6 is 0 Å². The van der Waals surface area contributed by atoms with Gasteiger partial charge in [0.25, 0.3) is 0 Å². The molecule has 4 atom stereocenters. The molecular formula is C10H18N2O6. The number of nitrogens with two attached hydrogens (primary N) is 1. The Labute approximate surface area is 104 Å². The summed E-state index contributed by atoms with van der Waals surface area (Å²) in [5.41, 5.74) is 5.23. The van der Waals surface area contributed by atoms with Gasteiger partial charge in [0.05, 0.1) is 12.1 Å². The van der Waals surface area contributed by atoms with Gasteiger partial charge in [0.2, 0.25) is 5.91 Å². The zero-order chi connectivity index (χ0) is 14.3. The minimum Gasteiger partial charge on any atom is -0.479 e. The van der Waals surface area contributed by atoms with Gasteiger partial charge in [-0.1, -0.05) is 6.92 Å². The van der Waals surface area contributed by atoms with Crippen LogP contribution in [0.15, 0.2) is 0 Å². The fraction of sp³-hybridized carbons (Fsp3) is 0.700. The maximum absolute atomic E-state index is 11.2. The molecule has 0 aliphatic heterocycles. The molecule has 0 heterocycles. The summed E-state index contributed by atoms with van der Waals surface area (Å²) in [5, 5.41) is 29.4. The van der Waals surface area contributed by atoms with Crippen LogP contribution in [0, 0.1) is 5.92 Å². The average molecular weight is 262 g/mol. The van der Waals surface area contributed by atoms with Crippen molar-refractivity contribution in [2.75, 3.05) is 6.54 Å². The van der Waals surface area contributed by atoms with E-state index in [-0.39, 0.29) is 13.0 Å². The van der Waals surface area contributed by atoms with Gasteiger partial charge < -0.3 is 31.2 Å². The third kappa shape index (κ3) is 5.71. The SMILES string of the molecule is C[C@@H](CNC(=O)C[C@H](N)C=O)[C@@H](O)[C@@H](O)C(=O)O. The highest BCUT2D eigenvalue weighted by molar-refractivity contribution is 5.80. The maximum Gasteiger partial charge on any atom is 0.335 e. The molecule has 0 saturated heterocycles. The molecule has 0 unspecified atom stereocenters. The molecular weight excluding hydrogens is 244 g/mol. The van der Waals surface area contributed by atoms with Gasteiger partial charge >= 0.3 is 5.97 Å². The highest BCUT2D eigenvalue weighted by atomic mass is 16.4. The largest absolute Gasteiger partial charge is 0.479 e. The molecule has 8 nitrogen and oxygen atoms in total. The lowest BCUT2D eigenvalue weighted by Gasteiger charge is -2.21. The van der Waals surface area contributed by atoms with Crippen LogP contribution in [0.5, 0.6) is 0 Å². The zero-order valence-electron chi connectivity index (χ0n) is 9.94. The van der Waals surface area contributed by atoms with Crippen molar-refractivity contribution in [2.24, 2.45) is 11.7 Å². The van der Waals surface area contributed by atoms with E-state index in [9.17, 15) is 19.5 Å². The van der Waals surface area contributed by atoms with Gasteiger partial charge in [-0.3, -0.25) is 4.79 Å². The van der Waals surface area contributed by atoms with Crippen LogP contribution in [0.25, 0.3) is 0 Å². The highest BCUT2D eigenvalue weighted by Gasteiger charge is 2.28. The van der Waals surface area contributed by atoms with Gasteiger partial charge in [0.15, 0.2) is 6.10 Å². The number of aliphatic carboxylic acids is 1. The van der Waals surface area contributed by atoms with Crippen molar-refractivity contribution in [1.82, 2.24) is 5.32 Å². The lowest BCUT2D eigenvalue weighted by Crippen LogP contribution is -2.43. The summed E-state index contributed by atoms with van der Waals surface area (Å²) < 4.78 is 0. The molecule has 0 aliphatic rings. The molecule has 104 valence electrons. The monoisotopic (exact) mass is 262 g/mol. The Morgan fingerprint density at radius 1 is 1.39 bits per heavy atom. The Balaban J connectivity index is 4.09. The summed E-state index contributed by atoms with van der Waals surface area (Å²) in [4.78, 5) is 31.9. The van der Waals surface area contributed by atoms with Crippen molar-refractivity contribution in [1.29, 1.82) is 0 Å². The van der Waals surface area contributed by atoms with Crippen molar-refractivity contribution in [3.05, 3.63) is 0 Å². The normalized spacial score (nSPS) is 17.3. The van der Waals surface area contributed by atoms with E-state index in [0.717, 1.165) is 0 Å². The number of amides is 1. The molecule has 1 amide bonds. The first-order valence-electron chi connectivity index (χ1n) is 5.36. The molecule has 0 aliphatic carbocycles. The van der Waals surface area contributed by atoms with Crippen molar-refractivity contribution in [2.45, 2.75) is 31.6 Å². The standard InChI is InChI=1S/C10H18N2O6/c1-5(8(15)9(16)10(17)18)3-12-7(14)2-6(11)4-13/h4-6,8-9,15-16H,2-3,11H2,1H3,(H,12,14)(H,17,18)/t5-,6-,8+,9+/m0/s1. The molecule has 0 saturated carbocycles. The second-order valence-electron chi connectivity index (χ2n) is 4.06. The maximum atomic E-state index is 11.2. The number of rotatable bonds is 8. The molecule has 0 aromatic heterocycles. The summed E-state index contributed by atoms with van der Waals surface area (Å²) in [7, 11) is 0. The summed E-state index contributed by atoms with van der Waals surface area (Å²) >= 11 is 0. The predicted octanol–water partition coefficient (Wildman–Crippen LogP) is -2.54. The van der Waals surface area contributed by atoms with Gasteiger partial charge in [0.1, 0.15) is 6.29 Å². The van der Waals surface area contributed by atoms with Gasteiger partial charge in [-0.05, 0) is 0 Å². The molecule has 0 radical (unpaired) electrons. The minimum atomic E-state index is -1.91. The van der Waals surface area contributed by atoms with Crippen LogP contribution in [-0.2, 0) is 14.4 Å². The Kier molecular flexibility index (Phi) is 7.10. The highest BCUT2D eigenvalue weighted by Crippen LogP contribution is 2.07. The third-order valence-corrected chi connectivity index (χ3v) is 2.38. The molecule has 0 bridgehead atoms. The van der Waals surface area contributed by atoms with E-state index in [1.807, 2.05) is 0 Å². The Hall–Kier alpha value is -1.51. The summed E-state index contributed by atoms with van der Waals surface area (Å²) in [5.74, 6) is -2.69. The number of nitrogens with one attached hydrogen (secondary N) is 1. The van der Waals surface area contributed by atoms with Crippen molar-refractivity contribution < 1.29 is 29.7 Å². The van der Waals surface area contributed by atoms with E-state index < -0.39 is 36.0 Å². The van der Waals surface area contributed by atoms with Crippen molar-refractivity contribution in [3.63, 3.8) is 0 Å². The zero-order valence-corrected chi connectivity index (χ0v) is 9.94. The molecule has 6 N–H and O–H groups in total. The van der Waals surface area contributed by atoms with E-state index >= 15 is 0 Å². The summed E-state index contributed by atoms with van der Waals surface area (Å²) in [6.07, 6.45) is -3.16. The van der Waals surface area contributed by atoms with Crippen molar-refractivity contribution in [3.8, 4) is 0 Å². The Morgan fingerprint density at radius 3 is 2.39 bits per heavy atom. The first kappa shape index (κ1) is 16.5. The molecule has 0 fully saturated rings. The number of hydrogen-bond acceptors (Lipinski definition) is 6. The van der Waals surface area contributed by atoms with E-state index in [0.29, 0.717) is 6.29 Å². The van der Waals surface area contributed by atoms with E-state index in [1.54, 1.807) is 0 Å². The van der Waals surface area contributed by atoms with Gasteiger partial charge in [0, 0.05) is 18.9 Å². The summed E-state index contributed by atoms with van der Waals surface area (Å²) in [6.45, 7) is 1.44. The van der Waals surface area contributed by atoms with Crippen LogP contribution in [0.2, 0.25) is 0 Å². The number of aldehydes is 1. The fourth-order valence-corrected chi connectivity index (χ4v) is 1.19. The number of carboxylic acids is 1. The smallest absolute Gasteiger partial charge is 0.335 e. The fourth-order valence-electron chi connectivity index (χ4n) is 1.19. The Morgan fingerprint density at radius 2 is 1.94 bits per heavy atom. The molecule has 0 rings (SSSR count). The van der Waals surface area contributed by atoms with Crippen LogP contribution in [-0.4, -0.2) is 58.3 Å². The second kappa shape index (κ2) is 7.75. The minimum absolute atomic E-state index is 0.0318. The van der Waals surface area contributed by atoms with Gasteiger partial charge in [-0.2, -0.15) is 0 Å². The number of aliphatic hydroxyl groups is 2. The lowest BCUT2D eigenvalue weighted by molar-refractivity contribution is -0.154. The molecule has 0 aromatic rings. The number of carbonyl (C=O) groups excluding carboxylic acids is 2. The van der Waals surface area contributed by atoms with Crippen LogP contribution < -0.4 is 11.1 Å². The summed E-state index contributed by atoms with van der Waals surface area (Å²) in [6, 6.07) is -0.894. The van der Waals surface area contributed by atoms with E-state index in [2.05, 4.69) is 5.32 Å².